The van der Waals surface area contributed by atoms with Crippen LogP contribution in [0.25, 0.3) is 0 Å². The quantitative estimate of drug-likeness (QED) is 0.907. The molecule has 0 aromatic heterocycles. The van der Waals surface area contributed by atoms with Crippen molar-refractivity contribution in [3.05, 3.63) is 30.1 Å². The van der Waals surface area contributed by atoms with Crippen molar-refractivity contribution >= 4 is 6.09 Å². The molecule has 5 heteroatoms. The average Bonchev–Trinajstić information content (AvgIpc) is 2.38. The van der Waals surface area contributed by atoms with Gasteiger partial charge in [-0.05, 0) is 44.7 Å². The molecule has 110 valence electrons. The Morgan fingerprint density at radius 3 is 2.60 bits per heavy atom. The van der Waals surface area contributed by atoms with Gasteiger partial charge in [-0.1, -0.05) is 6.07 Å². The number of rotatable bonds is 2. The normalized spacial score (nSPS) is 17.1. The van der Waals surface area contributed by atoms with Crippen molar-refractivity contribution in [3.8, 4) is 5.75 Å². The third-order valence-electron chi connectivity index (χ3n) is 3.75. The summed E-state index contributed by atoms with van der Waals surface area (Å²) in [4.78, 5) is 13.5. The molecule has 0 radical (unpaired) electrons. The molecule has 1 aromatic rings. The van der Waals surface area contributed by atoms with Gasteiger partial charge in [0.15, 0.2) is 0 Å². The molecule has 1 fully saturated rings. The van der Waals surface area contributed by atoms with Crippen LogP contribution in [0.1, 0.15) is 26.7 Å². The zero-order valence-electron chi connectivity index (χ0n) is 11.8. The highest BCUT2D eigenvalue weighted by Crippen LogP contribution is 2.28. The van der Waals surface area contributed by atoms with Crippen LogP contribution < -0.4 is 4.74 Å². The molecule has 0 unspecified atom stereocenters. The topological polar surface area (TPSA) is 49.8 Å². The van der Waals surface area contributed by atoms with E-state index in [0.29, 0.717) is 13.1 Å². The minimum atomic E-state index is -0.724. The molecule has 0 spiro atoms. The predicted molar refractivity (Wildman–Crippen MR) is 73.0 cm³/mol. The monoisotopic (exact) mass is 281 g/mol. The number of halogens is 1. The van der Waals surface area contributed by atoms with Crippen LogP contribution in [0, 0.1) is 11.7 Å². The Morgan fingerprint density at radius 1 is 1.40 bits per heavy atom. The van der Waals surface area contributed by atoms with E-state index in [9.17, 15) is 14.3 Å². The van der Waals surface area contributed by atoms with E-state index in [4.69, 9.17) is 4.74 Å². The predicted octanol–water partition coefficient (Wildman–Crippen LogP) is 2.81. The van der Waals surface area contributed by atoms with Crippen LogP contribution in [0.15, 0.2) is 24.3 Å². The van der Waals surface area contributed by atoms with Gasteiger partial charge in [0.1, 0.15) is 11.6 Å². The fraction of sp³-hybridized carbons (Fsp3) is 0.533. The van der Waals surface area contributed by atoms with E-state index < -0.39 is 17.5 Å². The molecule has 1 heterocycles. The van der Waals surface area contributed by atoms with Crippen LogP contribution in [0.3, 0.4) is 0 Å². The summed E-state index contributed by atoms with van der Waals surface area (Å²) in [6, 6.07) is 5.52. The highest BCUT2D eigenvalue weighted by Gasteiger charge is 2.32. The number of aliphatic hydroxyl groups is 1. The number of amides is 1. The Balaban J connectivity index is 1.89. The summed E-state index contributed by atoms with van der Waals surface area (Å²) in [5.74, 6) is -0.0450. The first-order chi connectivity index (χ1) is 9.36. The SMILES string of the molecule is CC(C)(O)C1CCN(C(=O)Oc2cccc(F)c2)CC1. The van der Waals surface area contributed by atoms with E-state index in [1.807, 2.05) is 0 Å². The zero-order valence-corrected chi connectivity index (χ0v) is 11.8. The Morgan fingerprint density at radius 2 is 2.05 bits per heavy atom. The van der Waals surface area contributed by atoms with E-state index in [0.717, 1.165) is 12.8 Å². The molecule has 1 saturated heterocycles. The molecule has 0 aliphatic carbocycles. The summed E-state index contributed by atoms with van der Waals surface area (Å²) in [6.45, 7) is 4.67. The van der Waals surface area contributed by atoms with Gasteiger partial charge in [0.05, 0.1) is 5.60 Å². The third kappa shape index (κ3) is 3.70. The number of hydrogen-bond acceptors (Lipinski definition) is 3. The van der Waals surface area contributed by atoms with Gasteiger partial charge in [0.2, 0.25) is 0 Å². The first-order valence-corrected chi connectivity index (χ1v) is 6.81. The molecule has 20 heavy (non-hydrogen) atoms. The van der Waals surface area contributed by atoms with Gasteiger partial charge in [-0.25, -0.2) is 9.18 Å². The number of hydrogen-bond donors (Lipinski definition) is 1. The van der Waals surface area contributed by atoms with Crippen LogP contribution in [-0.4, -0.2) is 34.8 Å². The molecule has 1 aromatic carbocycles. The molecule has 1 N–H and O–H groups in total. The number of ether oxygens (including phenoxy) is 1. The lowest BCUT2D eigenvalue weighted by Gasteiger charge is -2.37. The first-order valence-electron chi connectivity index (χ1n) is 6.81. The molecule has 0 saturated carbocycles. The van der Waals surface area contributed by atoms with E-state index in [2.05, 4.69) is 0 Å². The number of nitrogens with zero attached hydrogens (tertiary/aromatic N) is 1. The van der Waals surface area contributed by atoms with E-state index in [-0.39, 0.29) is 11.7 Å². The Kier molecular flexibility index (Phi) is 4.28. The summed E-state index contributed by atoms with van der Waals surface area (Å²) in [5.41, 5.74) is -0.724. The number of benzene rings is 1. The van der Waals surface area contributed by atoms with Crippen molar-refractivity contribution in [1.82, 2.24) is 4.90 Å². The first kappa shape index (κ1) is 14.8. The molecular formula is C15H20FNO3. The van der Waals surface area contributed by atoms with Crippen LogP contribution in [-0.2, 0) is 0 Å². The van der Waals surface area contributed by atoms with Crippen molar-refractivity contribution in [1.29, 1.82) is 0 Å². The Labute approximate surface area is 118 Å². The molecule has 1 aliphatic heterocycles. The molecular weight excluding hydrogens is 261 g/mol. The maximum Gasteiger partial charge on any atom is 0.415 e. The second-order valence-corrected chi connectivity index (χ2v) is 5.74. The number of carbonyl (C=O) groups excluding carboxylic acids is 1. The van der Waals surface area contributed by atoms with Gasteiger partial charge in [-0.2, -0.15) is 0 Å². The van der Waals surface area contributed by atoms with E-state index >= 15 is 0 Å². The molecule has 4 nitrogen and oxygen atoms in total. The summed E-state index contributed by atoms with van der Waals surface area (Å²) >= 11 is 0. The van der Waals surface area contributed by atoms with Gasteiger partial charge in [-0.15, -0.1) is 0 Å². The van der Waals surface area contributed by atoms with Crippen molar-refractivity contribution < 1.29 is 19.0 Å². The average molecular weight is 281 g/mol. The van der Waals surface area contributed by atoms with E-state index in [1.54, 1.807) is 24.8 Å². The van der Waals surface area contributed by atoms with E-state index in [1.165, 1.54) is 18.2 Å². The fourth-order valence-corrected chi connectivity index (χ4v) is 2.46. The summed E-state index contributed by atoms with van der Waals surface area (Å²) in [5, 5.41) is 9.96. The highest BCUT2D eigenvalue weighted by molar-refractivity contribution is 5.70. The molecule has 0 atom stereocenters. The van der Waals surface area contributed by atoms with Crippen LogP contribution in [0.5, 0.6) is 5.75 Å². The van der Waals surface area contributed by atoms with Gasteiger partial charge < -0.3 is 14.7 Å². The lowest BCUT2D eigenvalue weighted by molar-refractivity contribution is -0.0100. The summed E-state index contributed by atoms with van der Waals surface area (Å²) < 4.78 is 18.1. The lowest BCUT2D eigenvalue weighted by atomic mass is 9.83. The molecule has 2 rings (SSSR count). The second-order valence-electron chi connectivity index (χ2n) is 5.74. The van der Waals surface area contributed by atoms with Crippen LogP contribution in [0.4, 0.5) is 9.18 Å². The van der Waals surface area contributed by atoms with Crippen molar-refractivity contribution in [3.63, 3.8) is 0 Å². The Bertz CT molecular complexity index is 476. The highest BCUT2D eigenvalue weighted by atomic mass is 19.1. The lowest BCUT2D eigenvalue weighted by Crippen LogP contribution is -2.45. The summed E-state index contributed by atoms with van der Waals surface area (Å²) in [7, 11) is 0. The van der Waals surface area contributed by atoms with Crippen molar-refractivity contribution in [2.45, 2.75) is 32.3 Å². The van der Waals surface area contributed by atoms with Gasteiger partial charge >= 0.3 is 6.09 Å². The van der Waals surface area contributed by atoms with Gasteiger partial charge in [0, 0.05) is 19.2 Å². The maximum atomic E-state index is 13.0. The molecule has 0 bridgehead atoms. The zero-order chi connectivity index (χ0) is 14.8. The smallest absolute Gasteiger partial charge is 0.410 e. The van der Waals surface area contributed by atoms with Gasteiger partial charge in [0.25, 0.3) is 0 Å². The minimum Gasteiger partial charge on any atom is -0.410 e. The largest absolute Gasteiger partial charge is 0.415 e. The van der Waals surface area contributed by atoms with Crippen molar-refractivity contribution in [2.24, 2.45) is 5.92 Å². The fourth-order valence-electron chi connectivity index (χ4n) is 2.46. The minimum absolute atomic E-state index is 0.181. The van der Waals surface area contributed by atoms with Crippen LogP contribution in [0.2, 0.25) is 0 Å². The molecule has 1 aliphatic rings. The summed E-state index contributed by atoms with van der Waals surface area (Å²) in [6.07, 6.45) is 1.01. The van der Waals surface area contributed by atoms with Crippen LogP contribution >= 0.6 is 0 Å². The maximum absolute atomic E-state index is 13.0. The van der Waals surface area contributed by atoms with Crippen molar-refractivity contribution in [2.75, 3.05) is 13.1 Å². The number of piperidine rings is 1. The van der Waals surface area contributed by atoms with Gasteiger partial charge in [-0.3, -0.25) is 0 Å². The standard InChI is InChI=1S/C15H20FNO3/c1-15(2,19)11-6-8-17(9-7-11)14(18)20-13-5-3-4-12(16)10-13/h3-5,10-11,19H,6-9H2,1-2H3. The Hall–Kier alpha value is -1.62. The molecule has 1 amide bonds. The number of likely N-dealkylation sites (tertiary alicyclic amines) is 1. The second kappa shape index (κ2) is 5.79. The number of carbonyl (C=O) groups is 1. The third-order valence-corrected chi connectivity index (χ3v) is 3.75.